The summed E-state index contributed by atoms with van der Waals surface area (Å²) in [5.74, 6) is 0.887. The van der Waals surface area contributed by atoms with Gasteiger partial charge in [-0.2, -0.15) is 0 Å². The van der Waals surface area contributed by atoms with Gasteiger partial charge in [-0.3, -0.25) is 0 Å². The SMILES string of the molecule is CCCNC1CCOCC1Oc1cccc(COC)c1. The van der Waals surface area contributed by atoms with E-state index in [1.165, 1.54) is 0 Å². The molecule has 1 aliphatic rings. The molecular weight excluding hydrogens is 254 g/mol. The first-order valence-electron chi connectivity index (χ1n) is 7.39. The van der Waals surface area contributed by atoms with E-state index in [0.717, 1.165) is 37.3 Å². The van der Waals surface area contributed by atoms with Gasteiger partial charge in [0.1, 0.15) is 11.9 Å². The van der Waals surface area contributed by atoms with Crippen LogP contribution in [0.1, 0.15) is 25.3 Å². The van der Waals surface area contributed by atoms with Crippen molar-refractivity contribution in [3.63, 3.8) is 0 Å². The molecule has 2 atom stereocenters. The fourth-order valence-corrected chi connectivity index (χ4v) is 2.44. The third-order valence-corrected chi connectivity index (χ3v) is 3.46. The third kappa shape index (κ3) is 4.47. The molecule has 1 N–H and O–H groups in total. The second-order valence-electron chi connectivity index (χ2n) is 5.16. The molecule has 0 bridgehead atoms. The number of hydrogen-bond donors (Lipinski definition) is 1. The Morgan fingerprint density at radius 3 is 3.10 bits per heavy atom. The molecule has 0 radical (unpaired) electrons. The van der Waals surface area contributed by atoms with E-state index < -0.39 is 0 Å². The van der Waals surface area contributed by atoms with E-state index in [2.05, 4.69) is 12.2 Å². The van der Waals surface area contributed by atoms with E-state index in [-0.39, 0.29) is 6.10 Å². The summed E-state index contributed by atoms with van der Waals surface area (Å²) < 4.78 is 16.8. The van der Waals surface area contributed by atoms with Crippen molar-refractivity contribution in [1.82, 2.24) is 5.32 Å². The Kier molecular flexibility index (Phi) is 6.30. The summed E-state index contributed by atoms with van der Waals surface area (Å²) in [5.41, 5.74) is 1.12. The van der Waals surface area contributed by atoms with E-state index in [9.17, 15) is 0 Å². The smallest absolute Gasteiger partial charge is 0.137 e. The zero-order valence-corrected chi connectivity index (χ0v) is 12.4. The monoisotopic (exact) mass is 279 g/mol. The fraction of sp³-hybridized carbons (Fsp3) is 0.625. The van der Waals surface area contributed by atoms with Crippen molar-refractivity contribution in [3.8, 4) is 5.75 Å². The lowest BCUT2D eigenvalue weighted by atomic mass is 10.1. The highest BCUT2D eigenvalue weighted by Crippen LogP contribution is 2.19. The maximum Gasteiger partial charge on any atom is 0.137 e. The number of rotatable bonds is 7. The molecule has 4 nitrogen and oxygen atoms in total. The van der Waals surface area contributed by atoms with Gasteiger partial charge in [0.2, 0.25) is 0 Å². The van der Waals surface area contributed by atoms with Gasteiger partial charge in [0.05, 0.1) is 13.2 Å². The predicted molar refractivity (Wildman–Crippen MR) is 79.1 cm³/mol. The van der Waals surface area contributed by atoms with Crippen molar-refractivity contribution in [2.24, 2.45) is 0 Å². The van der Waals surface area contributed by atoms with Crippen molar-refractivity contribution >= 4 is 0 Å². The summed E-state index contributed by atoms with van der Waals surface area (Å²) in [5, 5.41) is 3.55. The first kappa shape index (κ1) is 15.3. The Morgan fingerprint density at radius 2 is 2.30 bits per heavy atom. The number of hydrogen-bond acceptors (Lipinski definition) is 4. The molecular formula is C16H25NO3. The summed E-state index contributed by atoms with van der Waals surface area (Å²) in [7, 11) is 1.70. The Bertz CT molecular complexity index is 397. The highest BCUT2D eigenvalue weighted by molar-refractivity contribution is 5.28. The molecule has 0 spiro atoms. The van der Waals surface area contributed by atoms with Gasteiger partial charge in [-0.25, -0.2) is 0 Å². The van der Waals surface area contributed by atoms with Crippen LogP contribution >= 0.6 is 0 Å². The van der Waals surface area contributed by atoms with E-state index in [1.54, 1.807) is 7.11 Å². The first-order valence-corrected chi connectivity index (χ1v) is 7.39. The van der Waals surface area contributed by atoms with Crippen molar-refractivity contribution in [2.45, 2.75) is 38.5 Å². The maximum absolute atomic E-state index is 6.11. The second kappa shape index (κ2) is 8.25. The van der Waals surface area contributed by atoms with Crippen LogP contribution in [-0.2, 0) is 16.1 Å². The highest BCUT2D eigenvalue weighted by Gasteiger charge is 2.26. The topological polar surface area (TPSA) is 39.7 Å². The van der Waals surface area contributed by atoms with Crippen LogP contribution in [0, 0.1) is 0 Å². The average Bonchev–Trinajstić information content (AvgIpc) is 2.47. The van der Waals surface area contributed by atoms with E-state index in [1.807, 2.05) is 24.3 Å². The number of nitrogens with one attached hydrogen (secondary N) is 1. The van der Waals surface area contributed by atoms with Crippen LogP contribution in [0.25, 0.3) is 0 Å². The lowest BCUT2D eigenvalue weighted by Gasteiger charge is -2.32. The molecule has 0 aromatic heterocycles. The Hall–Kier alpha value is -1.10. The molecule has 1 saturated heterocycles. The van der Waals surface area contributed by atoms with Crippen molar-refractivity contribution in [2.75, 3.05) is 26.9 Å². The van der Waals surface area contributed by atoms with E-state index in [4.69, 9.17) is 14.2 Å². The van der Waals surface area contributed by atoms with Crippen LogP contribution in [0.5, 0.6) is 5.75 Å². The Labute approximate surface area is 121 Å². The highest BCUT2D eigenvalue weighted by atomic mass is 16.5. The van der Waals surface area contributed by atoms with Gasteiger partial charge in [-0.05, 0) is 37.1 Å². The molecule has 1 aliphatic heterocycles. The summed E-state index contributed by atoms with van der Waals surface area (Å²) in [6.45, 7) is 5.27. The van der Waals surface area contributed by atoms with Gasteiger partial charge in [0, 0.05) is 19.8 Å². The zero-order valence-electron chi connectivity index (χ0n) is 12.4. The van der Waals surface area contributed by atoms with Crippen LogP contribution in [0.3, 0.4) is 0 Å². The molecule has 1 aromatic carbocycles. The fourth-order valence-electron chi connectivity index (χ4n) is 2.44. The van der Waals surface area contributed by atoms with Crippen LogP contribution in [0.2, 0.25) is 0 Å². The normalized spacial score (nSPS) is 22.7. The number of methoxy groups -OCH3 is 1. The maximum atomic E-state index is 6.11. The van der Waals surface area contributed by atoms with Gasteiger partial charge in [-0.1, -0.05) is 19.1 Å². The summed E-state index contributed by atoms with van der Waals surface area (Å²) in [4.78, 5) is 0. The van der Waals surface area contributed by atoms with Crippen LogP contribution in [-0.4, -0.2) is 39.0 Å². The molecule has 1 fully saturated rings. The minimum atomic E-state index is 0.0769. The molecule has 0 saturated carbocycles. The summed E-state index contributed by atoms with van der Waals surface area (Å²) in [6.07, 6.45) is 2.21. The van der Waals surface area contributed by atoms with Crippen LogP contribution < -0.4 is 10.1 Å². The summed E-state index contributed by atoms with van der Waals surface area (Å²) in [6, 6.07) is 8.44. The lowest BCUT2D eigenvalue weighted by molar-refractivity contribution is -0.0147. The molecule has 1 aromatic rings. The number of ether oxygens (including phenoxy) is 3. The van der Waals surface area contributed by atoms with Crippen LogP contribution in [0.15, 0.2) is 24.3 Å². The Balaban J connectivity index is 1.96. The minimum absolute atomic E-state index is 0.0769. The van der Waals surface area contributed by atoms with Gasteiger partial charge in [0.25, 0.3) is 0 Å². The molecule has 2 unspecified atom stereocenters. The van der Waals surface area contributed by atoms with Gasteiger partial charge in [0.15, 0.2) is 0 Å². The predicted octanol–water partition coefficient (Wildman–Crippen LogP) is 2.37. The molecule has 112 valence electrons. The van der Waals surface area contributed by atoms with Gasteiger partial charge < -0.3 is 19.5 Å². The van der Waals surface area contributed by atoms with Crippen LogP contribution in [0.4, 0.5) is 0 Å². The Morgan fingerprint density at radius 1 is 1.40 bits per heavy atom. The minimum Gasteiger partial charge on any atom is -0.486 e. The molecule has 2 rings (SSSR count). The van der Waals surface area contributed by atoms with E-state index >= 15 is 0 Å². The molecule has 1 heterocycles. The average molecular weight is 279 g/mol. The van der Waals surface area contributed by atoms with Crippen molar-refractivity contribution in [1.29, 1.82) is 0 Å². The molecule has 0 aliphatic carbocycles. The first-order chi connectivity index (χ1) is 9.83. The van der Waals surface area contributed by atoms with Gasteiger partial charge >= 0.3 is 0 Å². The van der Waals surface area contributed by atoms with Crippen molar-refractivity contribution in [3.05, 3.63) is 29.8 Å². The quantitative estimate of drug-likeness (QED) is 0.832. The second-order valence-corrected chi connectivity index (χ2v) is 5.16. The molecule has 4 heteroatoms. The molecule has 20 heavy (non-hydrogen) atoms. The van der Waals surface area contributed by atoms with Crippen molar-refractivity contribution < 1.29 is 14.2 Å². The van der Waals surface area contributed by atoms with Gasteiger partial charge in [-0.15, -0.1) is 0 Å². The third-order valence-electron chi connectivity index (χ3n) is 3.46. The van der Waals surface area contributed by atoms with E-state index in [0.29, 0.717) is 19.3 Å². The zero-order chi connectivity index (χ0) is 14.2. The number of benzene rings is 1. The largest absolute Gasteiger partial charge is 0.486 e. The summed E-state index contributed by atoms with van der Waals surface area (Å²) >= 11 is 0. The standard InChI is InChI=1S/C16H25NO3/c1-3-8-17-15-7-9-19-12-16(15)20-14-6-4-5-13(10-14)11-18-2/h4-6,10,15-17H,3,7-9,11-12H2,1-2H3. The lowest BCUT2D eigenvalue weighted by Crippen LogP contribution is -2.49. The molecule has 0 amide bonds.